The Labute approximate surface area is 476 Å². The number of rotatable bonds is 18. The molecule has 0 aliphatic carbocycles. The number of hydrogen-bond acceptors (Lipinski definition) is 0. The van der Waals surface area contributed by atoms with Crippen molar-refractivity contribution in [3.05, 3.63) is 303 Å². The molecule has 0 bridgehead atoms. The predicted molar refractivity (Wildman–Crippen MR) is 365 cm³/mol. The molecule has 0 aromatic heterocycles. The summed E-state index contributed by atoms with van der Waals surface area (Å²) in [5.74, 6) is 0. The molecule has 0 aliphatic rings. The van der Waals surface area contributed by atoms with Crippen molar-refractivity contribution in [3.63, 3.8) is 0 Å². The molecule has 389 valence electrons. The van der Waals surface area contributed by atoms with E-state index in [-0.39, 0.29) is 0 Å². The molecule has 0 fully saturated rings. The minimum absolute atomic E-state index is 1.57. The summed E-state index contributed by atoms with van der Waals surface area (Å²) < 4.78 is 0. The van der Waals surface area contributed by atoms with Crippen LogP contribution in [0, 0.1) is 0 Å². The van der Waals surface area contributed by atoms with Crippen LogP contribution in [-0.4, -0.2) is 65.7 Å². The van der Waals surface area contributed by atoms with E-state index in [0.717, 1.165) is 0 Å². The minimum Gasteiger partial charge on any atom is -0.0720 e. The van der Waals surface area contributed by atoms with Crippen LogP contribution in [0.15, 0.2) is 303 Å². The van der Waals surface area contributed by atoms with Crippen LogP contribution < -0.4 is 51.9 Å². The first-order chi connectivity index (χ1) is 37.7. The summed E-state index contributed by atoms with van der Waals surface area (Å²) in [5.41, 5.74) is 0. The average Bonchev–Trinajstić information content (AvgIpc) is 1.71. The van der Waals surface area contributed by atoms with Gasteiger partial charge in [0.1, 0.15) is 22.8 Å². The second-order valence-corrected chi connectivity index (χ2v) is 113. The van der Waals surface area contributed by atoms with Gasteiger partial charge >= 0.3 is 0 Å². The highest BCUT2D eigenvalue weighted by Crippen LogP contribution is 2.48. The lowest BCUT2D eigenvalue weighted by Crippen LogP contribution is -3.16. The summed E-state index contributed by atoms with van der Waals surface area (Å²) in [4.78, 5) is 0. The summed E-state index contributed by atoms with van der Waals surface area (Å²) >= 11 is 0. The van der Waals surface area contributed by atoms with Gasteiger partial charge in [-0.25, -0.2) is 0 Å². The van der Waals surface area contributed by atoms with Gasteiger partial charge in [0.25, 0.3) is 0 Å². The van der Waals surface area contributed by atoms with Crippen LogP contribution in [0.4, 0.5) is 0 Å². The minimum atomic E-state index is -3.95. The molecule has 0 atom stereocenters. The molecule has 10 rings (SSSR count). The molecule has 0 nitrogen and oxygen atoms in total. The lowest BCUT2D eigenvalue weighted by Gasteiger charge is -2.74. The van der Waals surface area contributed by atoms with E-state index in [1.165, 1.54) is 0 Å². The van der Waals surface area contributed by atoms with Crippen LogP contribution in [0.25, 0.3) is 0 Å². The molecule has 0 heterocycles. The zero-order valence-corrected chi connectivity index (χ0v) is 56.4. The Bertz CT molecular complexity index is 2850. The van der Waals surface area contributed by atoms with Gasteiger partial charge in [0, 0.05) is 28.9 Å². The maximum atomic E-state index is 2.94. The summed E-state index contributed by atoms with van der Waals surface area (Å²) in [7, 11) is -20.1. The molecule has 10 aromatic carbocycles. The molecule has 1 radical (unpaired) electrons. The van der Waals surface area contributed by atoms with Crippen molar-refractivity contribution in [1.82, 2.24) is 0 Å². The van der Waals surface area contributed by atoms with Crippen molar-refractivity contribution in [2.24, 2.45) is 0 Å². The van der Waals surface area contributed by atoms with Crippen molar-refractivity contribution < 1.29 is 0 Å². The first-order valence-corrected chi connectivity index (χ1v) is 58.1. The fourth-order valence-corrected chi connectivity index (χ4v) is 361. The molecule has 78 heavy (non-hydrogen) atoms. The standard InChI is InChI=1S/C69H77Si9/c1-71(2,3)77(72(4,5)6,73(7,8)9)70(60-40-20-10-21-41-60)78(74(61-42-22-11-23-43-61,62-44-24-12-25-45-62)63-46-26-13-27-47-63,75(64-48-28-14-29-49-64,65-50-30-15-31-51-65)66-52-32-16-33-53-66)76(67-54-34-17-35-55-67,68-56-36-18-37-57-68)69-58-38-19-39-59-69/h10-59H,1-9H3. The highest BCUT2D eigenvalue weighted by Gasteiger charge is 2.87. The number of benzene rings is 10. The normalized spacial score (nSPS) is 13.1. The topological polar surface area (TPSA) is 0 Å². The van der Waals surface area contributed by atoms with Gasteiger partial charge in [0.05, 0.1) is 14.0 Å². The van der Waals surface area contributed by atoms with Gasteiger partial charge < -0.3 is 0 Å². The lowest BCUT2D eigenvalue weighted by molar-refractivity contribution is 1.67. The summed E-state index contributed by atoms with van der Waals surface area (Å²) in [6.45, 7) is 26.4. The highest BCUT2D eigenvalue weighted by atomic mass is 30.4. The quantitative estimate of drug-likeness (QED) is 0.0593. The van der Waals surface area contributed by atoms with Crippen LogP contribution >= 0.6 is 0 Å². The monoisotopic (exact) mass is 1160 g/mol. The molecule has 0 N–H and O–H groups in total. The van der Waals surface area contributed by atoms with Crippen LogP contribution in [0.2, 0.25) is 58.9 Å². The third kappa shape index (κ3) is 8.54. The molecule has 0 saturated heterocycles. The van der Waals surface area contributed by atoms with Gasteiger partial charge in [-0.3, -0.25) is 0 Å². The van der Waals surface area contributed by atoms with E-state index in [1.807, 2.05) is 0 Å². The third-order valence-electron chi connectivity index (χ3n) is 17.7. The maximum Gasteiger partial charge on any atom is 0.135 e. The van der Waals surface area contributed by atoms with Crippen molar-refractivity contribution in [2.45, 2.75) is 58.9 Å². The highest BCUT2D eigenvalue weighted by molar-refractivity contribution is 8.28. The Hall–Kier alpha value is -5.85. The third-order valence-corrected chi connectivity index (χ3v) is 210. The summed E-state index contributed by atoms with van der Waals surface area (Å²) in [5, 5.41) is 15.8. The Balaban J connectivity index is 1.82. The van der Waals surface area contributed by atoms with Crippen LogP contribution in [0.1, 0.15) is 0 Å². The van der Waals surface area contributed by atoms with Crippen molar-refractivity contribution in [3.8, 4) is 0 Å². The largest absolute Gasteiger partial charge is 0.135 e. The van der Waals surface area contributed by atoms with Crippen molar-refractivity contribution >= 4 is 118 Å². The summed E-state index contributed by atoms with van der Waals surface area (Å²) in [6.07, 6.45) is -6.70. The molecule has 0 saturated carbocycles. The Morgan fingerprint density at radius 3 is 0.462 bits per heavy atom. The zero-order chi connectivity index (χ0) is 54.7. The van der Waals surface area contributed by atoms with E-state index in [2.05, 4.69) is 362 Å². The molecule has 0 amide bonds. The van der Waals surface area contributed by atoms with Gasteiger partial charge in [0.15, 0.2) is 0 Å². The average molecular weight is 1160 g/mol. The van der Waals surface area contributed by atoms with Gasteiger partial charge in [-0.1, -0.05) is 414 Å². The van der Waals surface area contributed by atoms with Crippen LogP contribution in [0.5, 0.6) is 0 Å². The van der Waals surface area contributed by atoms with Gasteiger partial charge in [-0.05, 0) is 0 Å². The van der Waals surface area contributed by atoms with Crippen molar-refractivity contribution in [2.75, 3.05) is 0 Å². The molecule has 0 spiro atoms. The van der Waals surface area contributed by atoms with E-state index in [9.17, 15) is 0 Å². The Morgan fingerprint density at radius 2 is 0.321 bits per heavy atom. The Kier molecular flexibility index (Phi) is 15.9. The fraction of sp³-hybridized carbons (Fsp3) is 0.130. The zero-order valence-electron chi connectivity index (χ0n) is 47.4. The van der Waals surface area contributed by atoms with E-state index < -0.39 is 65.7 Å². The van der Waals surface area contributed by atoms with Crippen molar-refractivity contribution in [1.29, 1.82) is 0 Å². The molecule has 10 aromatic rings. The second-order valence-electron chi connectivity index (χ2n) is 24.5. The molecule has 0 unspecified atom stereocenters. The molecular weight excluding hydrogens is 1080 g/mol. The van der Waals surface area contributed by atoms with E-state index >= 15 is 0 Å². The van der Waals surface area contributed by atoms with Crippen LogP contribution in [0.3, 0.4) is 0 Å². The van der Waals surface area contributed by atoms with E-state index in [1.54, 1.807) is 51.9 Å². The Morgan fingerprint density at radius 1 is 0.179 bits per heavy atom. The van der Waals surface area contributed by atoms with Gasteiger partial charge in [0.2, 0.25) is 0 Å². The van der Waals surface area contributed by atoms with Gasteiger partial charge in [-0.15, -0.1) is 0 Å². The molecular formula is C69H77Si9. The maximum absolute atomic E-state index is 3.95. The fourth-order valence-electron chi connectivity index (χ4n) is 16.9. The van der Waals surface area contributed by atoms with Crippen LogP contribution in [-0.2, 0) is 0 Å². The smallest absolute Gasteiger partial charge is 0.0720 e. The first kappa shape index (κ1) is 55.5. The summed E-state index contributed by atoms with van der Waals surface area (Å²) in [6, 6.07) is 126. The SMILES string of the molecule is C[Si](C)(C)[Si]([Si](c1ccccc1)[Si]([Si](c1ccccc1)(c1ccccc1)c1ccccc1)([Si](c1ccccc1)(c1ccccc1)c1ccccc1)[Si](c1ccccc1)(c1ccccc1)c1ccccc1)([Si](C)(C)C)[Si](C)(C)C. The lowest BCUT2D eigenvalue weighted by atomic mass is 10.3. The van der Waals surface area contributed by atoms with E-state index in [0.29, 0.717) is 0 Å². The number of hydrogen-bond donors (Lipinski definition) is 0. The molecule has 9 heteroatoms. The van der Waals surface area contributed by atoms with E-state index in [4.69, 9.17) is 0 Å². The first-order valence-electron chi connectivity index (χ1n) is 28.1. The van der Waals surface area contributed by atoms with Gasteiger partial charge in [-0.2, -0.15) is 0 Å². The second kappa shape index (κ2) is 22.4. The molecule has 0 aliphatic heterocycles. The predicted octanol–water partition coefficient (Wildman–Crippen LogP) is 10.4.